The van der Waals surface area contributed by atoms with Crippen molar-refractivity contribution in [3.63, 3.8) is 0 Å². The largest absolute Gasteiger partial charge is 0.490 e. The summed E-state index contributed by atoms with van der Waals surface area (Å²) in [5.41, 5.74) is 3.47. The first-order valence-corrected chi connectivity index (χ1v) is 12.0. The van der Waals surface area contributed by atoms with Gasteiger partial charge in [0.25, 0.3) is 0 Å². The summed E-state index contributed by atoms with van der Waals surface area (Å²) in [4.78, 5) is 15.0. The molecule has 0 aromatic carbocycles. The van der Waals surface area contributed by atoms with Gasteiger partial charge in [0.1, 0.15) is 41.8 Å². The molecule has 1 aliphatic rings. The van der Waals surface area contributed by atoms with E-state index in [-0.39, 0.29) is 6.10 Å². The third-order valence-electron chi connectivity index (χ3n) is 6.30. The lowest BCUT2D eigenvalue weighted by Crippen LogP contribution is -2.54. The second-order valence-corrected chi connectivity index (χ2v) is 8.78. The zero-order valence-corrected chi connectivity index (χ0v) is 20.3. The molecule has 186 valence electrons. The molecule has 1 fully saturated rings. The van der Waals surface area contributed by atoms with Crippen molar-refractivity contribution in [1.29, 1.82) is 5.26 Å². The number of imidazole rings is 1. The van der Waals surface area contributed by atoms with Gasteiger partial charge in [0.2, 0.25) is 0 Å². The van der Waals surface area contributed by atoms with Gasteiger partial charge in [-0.25, -0.2) is 19.5 Å². The van der Waals surface area contributed by atoms with Crippen molar-refractivity contribution in [2.24, 2.45) is 0 Å². The predicted molar refractivity (Wildman–Crippen MR) is 140 cm³/mol. The SMILES string of the molecule is C#Cc1ccc(OC2CN(c3ccc(-c4cc(OCCn5ccnc5)cn5ncc(C#N)c45)cn3)C2)cn1. The van der Waals surface area contributed by atoms with E-state index in [0.717, 1.165) is 30.0 Å². The maximum absolute atomic E-state index is 9.64. The molecule has 0 radical (unpaired) electrons. The first-order valence-electron chi connectivity index (χ1n) is 12.0. The maximum atomic E-state index is 9.64. The lowest BCUT2D eigenvalue weighted by atomic mass is 10.0. The highest BCUT2D eigenvalue weighted by atomic mass is 16.5. The van der Waals surface area contributed by atoms with Crippen LogP contribution in [0.1, 0.15) is 11.3 Å². The molecule has 5 aromatic rings. The summed E-state index contributed by atoms with van der Waals surface area (Å²) >= 11 is 0. The monoisotopic (exact) mass is 502 g/mol. The van der Waals surface area contributed by atoms with E-state index in [4.69, 9.17) is 15.9 Å². The average Bonchev–Trinajstić information content (AvgIpc) is 3.60. The summed E-state index contributed by atoms with van der Waals surface area (Å²) < 4.78 is 15.6. The molecule has 10 heteroatoms. The molecular formula is C28H22N8O2. The summed E-state index contributed by atoms with van der Waals surface area (Å²) in [6.45, 7) is 2.57. The average molecular weight is 503 g/mol. The molecule has 6 heterocycles. The van der Waals surface area contributed by atoms with Crippen LogP contribution < -0.4 is 14.4 Å². The minimum atomic E-state index is 0.0516. The van der Waals surface area contributed by atoms with E-state index in [1.165, 1.54) is 0 Å². The normalized spacial score (nSPS) is 13.1. The number of terminal acetylenes is 1. The number of hydrogen-bond acceptors (Lipinski definition) is 8. The Balaban J connectivity index is 1.17. The van der Waals surface area contributed by atoms with E-state index < -0.39 is 0 Å². The number of nitrogens with zero attached hydrogens (tertiary/aromatic N) is 8. The van der Waals surface area contributed by atoms with Crippen molar-refractivity contribution in [2.45, 2.75) is 12.6 Å². The molecule has 0 bridgehead atoms. The first-order chi connectivity index (χ1) is 18.7. The Kier molecular flexibility index (Phi) is 6.04. The van der Waals surface area contributed by atoms with Gasteiger partial charge in [-0.2, -0.15) is 10.4 Å². The molecule has 0 saturated carbocycles. The van der Waals surface area contributed by atoms with Crippen LogP contribution in [0.4, 0.5) is 5.82 Å². The van der Waals surface area contributed by atoms with E-state index in [2.05, 4.69) is 36.9 Å². The third kappa shape index (κ3) is 4.59. The summed E-state index contributed by atoms with van der Waals surface area (Å²) in [6.07, 6.45) is 17.6. The van der Waals surface area contributed by atoms with Crippen molar-refractivity contribution in [3.8, 4) is 41.0 Å². The van der Waals surface area contributed by atoms with Crippen LogP contribution in [-0.2, 0) is 6.54 Å². The molecular weight excluding hydrogens is 480 g/mol. The lowest BCUT2D eigenvalue weighted by molar-refractivity contribution is 0.166. The molecule has 0 unspecified atom stereocenters. The van der Waals surface area contributed by atoms with E-state index in [1.54, 1.807) is 41.7 Å². The van der Waals surface area contributed by atoms with Crippen LogP contribution in [0.2, 0.25) is 0 Å². The number of hydrogen-bond donors (Lipinski definition) is 0. The van der Waals surface area contributed by atoms with Gasteiger partial charge in [-0.1, -0.05) is 5.92 Å². The molecule has 5 aromatic heterocycles. The number of pyridine rings is 3. The van der Waals surface area contributed by atoms with E-state index in [1.807, 2.05) is 41.2 Å². The van der Waals surface area contributed by atoms with Crippen LogP contribution in [0.25, 0.3) is 16.6 Å². The molecule has 10 nitrogen and oxygen atoms in total. The quantitative estimate of drug-likeness (QED) is 0.298. The van der Waals surface area contributed by atoms with Crippen molar-refractivity contribution in [2.75, 3.05) is 24.6 Å². The van der Waals surface area contributed by atoms with E-state index in [9.17, 15) is 5.26 Å². The Hall–Kier alpha value is -5.35. The highest BCUT2D eigenvalue weighted by Gasteiger charge is 2.29. The Bertz CT molecular complexity index is 1640. The molecule has 0 spiro atoms. The Morgan fingerprint density at radius 1 is 1.08 bits per heavy atom. The van der Waals surface area contributed by atoms with Gasteiger partial charge in [0.15, 0.2) is 0 Å². The predicted octanol–water partition coefficient (Wildman–Crippen LogP) is 3.19. The van der Waals surface area contributed by atoms with Crippen molar-refractivity contribution < 1.29 is 9.47 Å². The van der Waals surface area contributed by atoms with Crippen LogP contribution in [0, 0.1) is 23.7 Å². The summed E-state index contributed by atoms with van der Waals surface area (Å²) in [5, 5.41) is 14.0. The minimum Gasteiger partial charge on any atom is -0.490 e. The Labute approximate surface area is 218 Å². The molecule has 0 amide bonds. The van der Waals surface area contributed by atoms with Crippen LogP contribution in [-0.4, -0.2) is 54.9 Å². The minimum absolute atomic E-state index is 0.0516. The zero-order valence-electron chi connectivity index (χ0n) is 20.3. The molecule has 0 N–H and O–H groups in total. The van der Waals surface area contributed by atoms with Gasteiger partial charge in [-0.3, -0.25) is 0 Å². The van der Waals surface area contributed by atoms with Gasteiger partial charge < -0.3 is 18.9 Å². The fourth-order valence-corrected chi connectivity index (χ4v) is 4.33. The van der Waals surface area contributed by atoms with Crippen molar-refractivity contribution in [3.05, 3.63) is 85.1 Å². The standard InChI is InChI=1S/C28H22N8O2/c1-2-22-4-5-23(15-31-22)38-25-16-35(17-25)27-6-3-20(13-32-27)26-11-24(37-10-9-34-8-7-30-19-34)18-36-28(26)21(12-29)14-33-36/h1,3-8,11,13-15,18-19,25H,9-10,16-17H2. The Morgan fingerprint density at radius 3 is 2.71 bits per heavy atom. The maximum Gasteiger partial charge on any atom is 0.138 e. The number of rotatable bonds is 8. The van der Waals surface area contributed by atoms with Gasteiger partial charge in [-0.05, 0) is 30.3 Å². The first kappa shape index (κ1) is 23.1. The topological polar surface area (TPSA) is 106 Å². The molecule has 1 saturated heterocycles. The number of ether oxygens (including phenoxy) is 2. The highest BCUT2D eigenvalue weighted by molar-refractivity contribution is 5.85. The fourth-order valence-electron chi connectivity index (χ4n) is 4.33. The van der Waals surface area contributed by atoms with E-state index in [0.29, 0.717) is 41.4 Å². The highest BCUT2D eigenvalue weighted by Crippen LogP contribution is 2.32. The molecule has 0 atom stereocenters. The number of nitriles is 1. The smallest absolute Gasteiger partial charge is 0.138 e. The van der Waals surface area contributed by atoms with Crippen LogP contribution in [0.5, 0.6) is 11.5 Å². The third-order valence-corrected chi connectivity index (χ3v) is 6.30. The fraction of sp³-hybridized carbons (Fsp3) is 0.179. The van der Waals surface area contributed by atoms with Gasteiger partial charge in [0, 0.05) is 29.7 Å². The van der Waals surface area contributed by atoms with Gasteiger partial charge in [-0.15, -0.1) is 6.42 Å². The molecule has 1 aliphatic heterocycles. The van der Waals surface area contributed by atoms with E-state index >= 15 is 0 Å². The van der Waals surface area contributed by atoms with Crippen LogP contribution in [0.3, 0.4) is 0 Å². The Morgan fingerprint density at radius 2 is 2.00 bits per heavy atom. The summed E-state index contributed by atoms with van der Waals surface area (Å²) in [6, 6.07) is 11.7. The lowest BCUT2D eigenvalue weighted by Gasteiger charge is -2.39. The zero-order chi connectivity index (χ0) is 25.9. The summed E-state index contributed by atoms with van der Waals surface area (Å²) in [7, 11) is 0. The second-order valence-electron chi connectivity index (χ2n) is 8.78. The van der Waals surface area contributed by atoms with Gasteiger partial charge in [0.05, 0.1) is 55.6 Å². The van der Waals surface area contributed by atoms with Crippen molar-refractivity contribution in [1.82, 2.24) is 29.1 Å². The van der Waals surface area contributed by atoms with Crippen LogP contribution in [0.15, 0.2) is 73.8 Å². The molecule has 38 heavy (non-hydrogen) atoms. The molecule has 6 rings (SSSR count). The van der Waals surface area contributed by atoms with Gasteiger partial charge >= 0.3 is 0 Å². The van der Waals surface area contributed by atoms with Crippen LogP contribution >= 0.6 is 0 Å². The number of anilines is 1. The second kappa shape index (κ2) is 9.96. The summed E-state index contributed by atoms with van der Waals surface area (Å²) in [5.74, 6) is 4.70. The number of fused-ring (bicyclic) bond motifs is 1. The molecule has 0 aliphatic carbocycles. The van der Waals surface area contributed by atoms with Crippen molar-refractivity contribution >= 4 is 11.3 Å². The number of aromatic nitrogens is 6.